The van der Waals surface area contributed by atoms with Crippen molar-refractivity contribution < 1.29 is 9.59 Å². The molecule has 3 aromatic rings. The third kappa shape index (κ3) is 4.03. The van der Waals surface area contributed by atoms with Crippen LogP contribution < -0.4 is 15.5 Å². The minimum atomic E-state index is -0.272. The molecule has 0 unspecified atom stereocenters. The summed E-state index contributed by atoms with van der Waals surface area (Å²) in [6.07, 6.45) is 2.25. The zero-order valence-electron chi connectivity index (χ0n) is 17.0. The molecule has 0 radical (unpaired) electrons. The second-order valence-corrected chi connectivity index (χ2v) is 9.72. The average molecular weight is 450 g/mol. The van der Waals surface area contributed by atoms with Crippen molar-refractivity contribution >= 4 is 45.7 Å². The van der Waals surface area contributed by atoms with E-state index in [1.54, 1.807) is 22.7 Å². The number of para-hydroxylation sites is 2. The van der Waals surface area contributed by atoms with Crippen LogP contribution in [0.3, 0.4) is 0 Å². The molecule has 0 bridgehead atoms. The lowest BCUT2D eigenvalue weighted by atomic mass is 9.88. The largest absolute Gasteiger partial charge is 0.357 e. The number of hydrogen-bond donors (Lipinski definition) is 2. The normalized spacial score (nSPS) is 18.1. The lowest BCUT2D eigenvalue weighted by Gasteiger charge is -2.34. The first-order valence-corrected chi connectivity index (χ1v) is 12.2. The van der Waals surface area contributed by atoms with Crippen molar-refractivity contribution in [3.05, 3.63) is 80.3 Å². The molecule has 1 aliphatic heterocycles. The van der Waals surface area contributed by atoms with Crippen molar-refractivity contribution in [3.8, 4) is 0 Å². The van der Waals surface area contributed by atoms with Gasteiger partial charge in [-0.15, -0.1) is 22.7 Å². The average Bonchev–Trinajstić information content (AvgIpc) is 3.46. The number of nitrogens with zero attached hydrogens (tertiary/aromatic N) is 1. The molecule has 2 aliphatic rings. The molecule has 3 heterocycles. The number of allylic oxidation sites excluding steroid dienone is 1. The van der Waals surface area contributed by atoms with Gasteiger partial charge in [0.2, 0.25) is 5.91 Å². The van der Waals surface area contributed by atoms with Gasteiger partial charge in [0.1, 0.15) is 0 Å². The minimum Gasteiger partial charge on any atom is -0.357 e. The number of benzene rings is 1. The number of carbonyl (C=O) groups excluding carboxylic acids is 2. The molecule has 0 saturated carbocycles. The maximum atomic E-state index is 13.1. The van der Waals surface area contributed by atoms with Crippen molar-refractivity contribution in [2.45, 2.75) is 31.8 Å². The number of ketones is 1. The predicted molar refractivity (Wildman–Crippen MR) is 127 cm³/mol. The Labute approximate surface area is 189 Å². The van der Waals surface area contributed by atoms with Gasteiger partial charge < -0.3 is 15.5 Å². The maximum Gasteiger partial charge on any atom is 0.239 e. The number of fused-ring (bicyclic) bond motifs is 1. The smallest absolute Gasteiger partial charge is 0.239 e. The van der Waals surface area contributed by atoms with Crippen LogP contribution in [0.1, 0.15) is 35.1 Å². The van der Waals surface area contributed by atoms with E-state index in [0.717, 1.165) is 45.2 Å². The molecule has 1 aromatic carbocycles. The third-order valence-corrected chi connectivity index (χ3v) is 7.51. The van der Waals surface area contributed by atoms with E-state index in [-0.39, 0.29) is 24.3 Å². The topological polar surface area (TPSA) is 61.4 Å². The number of nitrogens with one attached hydrogen (secondary N) is 2. The SMILES string of the molecule is O=C(CN1c2ccccc2NC2=C(C(=O)CCC2)[C@@H]1c1cccs1)NCc1cccs1. The summed E-state index contributed by atoms with van der Waals surface area (Å²) in [6, 6.07) is 15.8. The van der Waals surface area contributed by atoms with Gasteiger partial charge in [-0.1, -0.05) is 24.3 Å². The van der Waals surface area contributed by atoms with E-state index in [1.165, 1.54) is 0 Å². The van der Waals surface area contributed by atoms with Gasteiger partial charge in [-0.2, -0.15) is 0 Å². The van der Waals surface area contributed by atoms with E-state index in [4.69, 9.17) is 0 Å². The fourth-order valence-electron chi connectivity index (χ4n) is 4.33. The molecular weight excluding hydrogens is 426 g/mol. The highest BCUT2D eigenvalue weighted by molar-refractivity contribution is 7.10. The Kier molecular flexibility index (Phi) is 5.61. The molecule has 158 valence electrons. The number of hydrogen-bond acceptors (Lipinski definition) is 6. The first-order chi connectivity index (χ1) is 15.2. The molecule has 7 heteroatoms. The molecule has 5 nitrogen and oxygen atoms in total. The maximum absolute atomic E-state index is 13.1. The van der Waals surface area contributed by atoms with Crippen molar-refractivity contribution in [3.63, 3.8) is 0 Å². The molecule has 2 N–H and O–H groups in total. The van der Waals surface area contributed by atoms with Gasteiger partial charge in [0.25, 0.3) is 0 Å². The van der Waals surface area contributed by atoms with E-state index in [0.29, 0.717) is 13.0 Å². The number of thiophene rings is 2. The van der Waals surface area contributed by atoms with Crippen LogP contribution in [-0.4, -0.2) is 18.2 Å². The van der Waals surface area contributed by atoms with E-state index in [9.17, 15) is 9.59 Å². The van der Waals surface area contributed by atoms with Crippen molar-refractivity contribution in [2.75, 3.05) is 16.8 Å². The summed E-state index contributed by atoms with van der Waals surface area (Å²) in [5.41, 5.74) is 3.67. The van der Waals surface area contributed by atoms with Crippen LogP contribution in [0.5, 0.6) is 0 Å². The Morgan fingerprint density at radius 3 is 2.71 bits per heavy atom. The van der Waals surface area contributed by atoms with Gasteiger partial charge >= 0.3 is 0 Å². The molecule has 1 atom stereocenters. The van der Waals surface area contributed by atoms with Crippen LogP contribution in [0.4, 0.5) is 11.4 Å². The standard InChI is InChI=1S/C24H23N3O2S2/c28-20-10-3-8-18-23(20)24(21-11-5-13-31-21)27(19-9-2-1-7-17(19)26-18)15-22(29)25-14-16-6-4-12-30-16/h1-2,4-7,9,11-13,24,26H,3,8,10,14-15H2,(H,25,29)/t24-/m0/s1. The van der Waals surface area contributed by atoms with Gasteiger partial charge in [-0.3, -0.25) is 9.59 Å². The molecule has 1 amide bonds. The number of Topliss-reactive ketones (excluding diaryl/α,β-unsaturated/α-hetero) is 1. The predicted octanol–water partition coefficient (Wildman–Crippen LogP) is 5.11. The molecule has 0 fully saturated rings. The van der Waals surface area contributed by atoms with Crippen molar-refractivity contribution in [1.29, 1.82) is 0 Å². The van der Waals surface area contributed by atoms with Crippen LogP contribution >= 0.6 is 22.7 Å². The van der Waals surface area contributed by atoms with Gasteiger partial charge in [0, 0.05) is 27.4 Å². The third-order valence-electron chi connectivity index (χ3n) is 5.71. The van der Waals surface area contributed by atoms with Gasteiger partial charge in [-0.05, 0) is 47.9 Å². The molecule has 2 aromatic heterocycles. The summed E-state index contributed by atoms with van der Waals surface area (Å²) in [4.78, 5) is 30.4. The summed E-state index contributed by atoms with van der Waals surface area (Å²) in [5, 5.41) is 10.6. The quantitative estimate of drug-likeness (QED) is 0.569. The van der Waals surface area contributed by atoms with Crippen molar-refractivity contribution in [1.82, 2.24) is 5.32 Å². The Balaban J connectivity index is 1.54. The van der Waals surface area contributed by atoms with E-state index < -0.39 is 0 Å². The van der Waals surface area contributed by atoms with Crippen LogP contribution in [0.15, 0.2) is 70.6 Å². The van der Waals surface area contributed by atoms with Crippen molar-refractivity contribution in [2.24, 2.45) is 0 Å². The Bertz CT molecular complexity index is 1120. The molecule has 5 rings (SSSR count). The molecule has 31 heavy (non-hydrogen) atoms. The number of anilines is 2. The Hall–Kier alpha value is -2.90. The highest BCUT2D eigenvalue weighted by Crippen LogP contribution is 2.45. The summed E-state index contributed by atoms with van der Waals surface area (Å²) in [5.74, 6) is 0.112. The number of carbonyl (C=O) groups is 2. The fraction of sp³-hybridized carbons (Fsp3) is 0.250. The lowest BCUT2D eigenvalue weighted by molar-refractivity contribution is -0.120. The summed E-state index contributed by atoms with van der Waals surface area (Å²) in [7, 11) is 0. The van der Waals surface area contributed by atoms with E-state index in [2.05, 4.69) is 21.6 Å². The monoisotopic (exact) mass is 449 g/mol. The zero-order chi connectivity index (χ0) is 21.2. The van der Waals surface area contributed by atoms with Gasteiger partial charge in [0.15, 0.2) is 5.78 Å². The van der Waals surface area contributed by atoms with Gasteiger partial charge in [-0.25, -0.2) is 0 Å². The second kappa shape index (κ2) is 8.69. The molecular formula is C24H23N3O2S2. The summed E-state index contributed by atoms with van der Waals surface area (Å²) < 4.78 is 0. The summed E-state index contributed by atoms with van der Waals surface area (Å²) >= 11 is 3.26. The van der Waals surface area contributed by atoms with Crippen LogP contribution in [0.25, 0.3) is 0 Å². The van der Waals surface area contributed by atoms with Crippen LogP contribution in [0, 0.1) is 0 Å². The Morgan fingerprint density at radius 2 is 1.90 bits per heavy atom. The highest BCUT2D eigenvalue weighted by atomic mass is 32.1. The zero-order valence-corrected chi connectivity index (χ0v) is 18.6. The number of amides is 1. The minimum absolute atomic E-state index is 0.0583. The Morgan fingerprint density at radius 1 is 1.06 bits per heavy atom. The fourth-order valence-corrected chi connectivity index (χ4v) is 5.82. The van der Waals surface area contributed by atoms with Gasteiger partial charge in [0.05, 0.1) is 30.5 Å². The molecule has 1 aliphatic carbocycles. The first kappa shape index (κ1) is 20.0. The van der Waals surface area contributed by atoms with Crippen LogP contribution in [-0.2, 0) is 16.1 Å². The van der Waals surface area contributed by atoms with E-state index in [1.807, 2.05) is 53.2 Å². The first-order valence-electron chi connectivity index (χ1n) is 10.4. The van der Waals surface area contributed by atoms with Crippen LogP contribution in [0.2, 0.25) is 0 Å². The molecule has 0 saturated heterocycles. The highest BCUT2D eigenvalue weighted by Gasteiger charge is 2.37. The molecule has 0 spiro atoms. The lowest BCUT2D eigenvalue weighted by Crippen LogP contribution is -2.40. The summed E-state index contributed by atoms with van der Waals surface area (Å²) in [6.45, 7) is 0.692. The van der Waals surface area contributed by atoms with E-state index >= 15 is 0 Å². The number of rotatable bonds is 5. The second-order valence-electron chi connectivity index (χ2n) is 7.71.